The molecule has 0 aliphatic heterocycles. The van der Waals surface area contributed by atoms with E-state index in [0.29, 0.717) is 10.5 Å². The van der Waals surface area contributed by atoms with E-state index in [0.717, 1.165) is 0 Å². The Morgan fingerprint density at radius 2 is 1.00 bits per heavy atom. The lowest BCUT2D eigenvalue weighted by molar-refractivity contribution is 1.04. The fourth-order valence-corrected chi connectivity index (χ4v) is 3.15. The van der Waals surface area contributed by atoms with Gasteiger partial charge in [0.2, 0.25) is 0 Å². The normalized spacial score (nSPS) is 14.2. The molecule has 2 atom stereocenters. The first kappa shape index (κ1) is 12.3. The molecule has 0 aromatic heterocycles. The van der Waals surface area contributed by atoms with Crippen molar-refractivity contribution in [1.29, 1.82) is 0 Å². The lowest BCUT2D eigenvalue weighted by atomic mass is 10.2. The van der Waals surface area contributed by atoms with E-state index in [1.807, 2.05) is 11.8 Å². The summed E-state index contributed by atoms with van der Waals surface area (Å²) in [5, 5.41) is 1.07. The third kappa shape index (κ3) is 3.37. The van der Waals surface area contributed by atoms with Gasteiger partial charge < -0.3 is 0 Å². The smallest absolute Gasteiger partial charge is 0.0275 e. The molecule has 0 saturated carbocycles. The molecule has 0 unspecified atom stereocenters. The number of benzene rings is 2. The summed E-state index contributed by atoms with van der Waals surface area (Å²) in [7, 11) is 0. The van der Waals surface area contributed by atoms with Gasteiger partial charge in [-0.05, 0) is 25.0 Å². The van der Waals surface area contributed by atoms with E-state index in [1.54, 1.807) is 0 Å². The van der Waals surface area contributed by atoms with Gasteiger partial charge in [-0.15, -0.1) is 11.8 Å². The van der Waals surface area contributed by atoms with Gasteiger partial charge in [-0.2, -0.15) is 0 Å². The third-order valence-corrected chi connectivity index (χ3v) is 4.31. The molecule has 2 aromatic rings. The molecule has 0 nitrogen and oxygen atoms in total. The molecule has 0 aliphatic carbocycles. The minimum absolute atomic E-state index is 0.534. The molecule has 0 radical (unpaired) electrons. The molecule has 0 aliphatic rings. The zero-order valence-electron chi connectivity index (χ0n) is 10.3. The fourth-order valence-electron chi connectivity index (χ4n) is 1.91. The molecule has 0 heterocycles. The second-order valence-corrected chi connectivity index (χ2v) is 5.93. The molecule has 0 fully saturated rings. The summed E-state index contributed by atoms with van der Waals surface area (Å²) in [6.45, 7) is 4.55. The van der Waals surface area contributed by atoms with E-state index in [-0.39, 0.29) is 0 Å². The van der Waals surface area contributed by atoms with Crippen LogP contribution in [0.2, 0.25) is 0 Å². The minimum atomic E-state index is 0.534. The summed E-state index contributed by atoms with van der Waals surface area (Å²) in [4.78, 5) is 0. The van der Waals surface area contributed by atoms with Crippen LogP contribution in [0.15, 0.2) is 60.7 Å². The van der Waals surface area contributed by atoms with Crippen LogP contribution in [0.5, 0.6) is 0 Å². The topological polar surface area (TPSA) is 0 Å². The summed E-state index contributed by atoms with van der Waals surface area (Å²) >= 11 is 2.01. The Bertz CT molecular complexity index is 392. The molecular weight excluding hydrogens is 224 g/mol. The van der Waals surface area contributed by atoms with Gasteiger partial charge in [0.25, 0.3) is 0 Å². The van der Waals surface area contributed by atoms with Crippen molar-refractivity contribution in [3.05, 3.63) is 71.8 Å². The monoisotopic (exact) mass is 242 g/mol. The Labute approximate surface area is 108 Å². The van der Waals surface area contributed by atoms with E-state index in [2.05, 4.69) is 74.5 Å². The van der Waals surface area contributed by atoms with Crippen LogP contribution in [-0.2, 0) is 0 Å². The quantitative estimate of drug-likeness (QED) is 0.706. The number of thioether (sulfide) groups is 1. The van der Waals surface area contributed by atoms with Crippen LogP contribution >= 0.6 is 11.8 Å². The van der Waals surface area contributed by atoms with Crippen LogP contribution in [0.4, 0.5) is 0 Å². The van der Waals surface area contributed by atoms with E-state index in [1.165, 1.54) is 11.1 Å². The summed E-state index contributed by atoms with van der Waals surface area (Å²) < 4.78 is 0. The maximum absolute atomic E-state index is 2.28. The van der Waals surface area contributed by atoms with Crippen molar-refractivity contribution < 1.29 is 0 Å². The van der Waals surface area contributed by atoms with Gasteiger partial charge >= 0.3 is 0 Å². The zero-order chi connectivity index (χ0) is 12.1. The third-order valence-electron chi connectivity index (χ3n) is 2.95. The lowest BCUT2D eigenvalue weighted by Gasteiger charge is -2.17. The summed E-state index contributed by atoms with van der Waals surface area (Å²) in [5.41, 5.74) is 2.81. The Kier molecular flexibility index (Phi) is 4.27. The van der Waals surface area contributed by atoms with Crippen molar-refractivity contribution in [3.63, 3.8) is 0 Å². The predicted octanol–water partition coefficient (Wildman–Crippen LogP) is 5.24. The highest BCUT2D eigenvalue weighted by molar-refractivity contribution is 7.99. The highest BCUT2D eigenvalue weighted by atomic mass is 32.2. The average molecular weight is 242 g/mol. The lowest BCUT2D eigenvalue weighted by Crippen LogP contribution is -1.93. The number of hydrogen-bond donors (Lipinski definition) is 0. The van der Waals surface area contributed by atoms with Gasteiger partial charge in [-0.3, -0.25) is 0 Å². The molecule has 0 bridgehead atoms. The van der Waals surface area contributed by atoms with Crippen LogP contribution < -0.4 is 0 Å². The van der Waals surface area contributed by atoms with Crippen LogP contribution in [0.3, 0.4) is 0 Å². The van der Waals surface area contributed by atoms with E-state index in [9.17, 15) is 0 Å². The highest BCUT2D eigenvalue weighted by Crippen LogP contribution is 2.39. The average Bonchev–Trinajstić information content (AvgIpc) is 2.40. The summed E-state index contributed by atoms with van der Waals surface area (Å²) in [6.07, 6.45) is 0. The Balaban J connectivity index is 2.02. The van der Waals surface area contributed by atoms with Crippen molar-refractivity contribution >= 4 is 11.8 Å². The molecule has 2 aromatic carbocycles. The van der Waals surface area contributed by atoms with Gasteiger partial charge in [-0.25, -0.2) is 0 Å². The molecule has 17 heavy (non-hydrogen) atoms. The van der Waals surface area contributed by atoms with E-state index < -0.39 is 0 Å². The van der Waals surface area contributed by atoms with Crippen molar-refractivity contribution in [1.82, 2.24) is 0 Å². The molecule has 0 spiro atoms. The van der Waals surface area contributed by atoms with Crippen LogP contribution in [0, 0.1) is 0 Å². The molecule has 2 rings (SSSR count). The van der Waals surface area contributed by atoms with Crippen molar-refractivity contribution in [2.75, 3.05) is 0 Å². The molecule has 0 amide bonds. The maximum Gasteiger partial charge on any atom is 0.0275 e. The van der Waals surface area contributed by atoms with Gasteiger partial charge in [0.05, 0.1) is 0 Å². The van der Waals surface area contributed by atoms with Crippen LogP contribution in [0.1, 0.15) is 35.5 Å². The van der Waals surface area contributed by atoms with E-state index in [4.69, 9.17) is 0 Å². The standard InChI is InChI=1S/C16H18S/c1-13(15-9-5-3-6-10-15)17-14(2)16-11-7-4-8-12-16/h3-14H,1-2H3/t13-,14-/m1/s1. The Hall–Kier alpha value is -1.21. The van der Waals surface area contributed by atoms with Gasteiger partial charge in [0.1, 0.15) is 0 Å². The highest BCUT2D eigenvalue weighted by Gasteiger charge is 2.12. The Morgan fingerprint density at radius 3 is 1.35 bits per heavy atom. The molecule has 0 N–H and O–H groups in total. The first-order valence-corrected chi connectivity index (χ1v) is 6.97. The van der Waals surface area contributed by atoms with Crippen molar-refractivity contribution in [2.24, 2.45) is 0 Å². The first-order valence-electron chi connectivity index (χ1n) is 6.02. The Morgan fingerprint density at radius 1 is 0.647 bits per heavy atom. The van der Waals surface area contributed by atoms with Crippen LogP contribution in [0.25, 0.3) is 0 Å². The van der Waals surface area contributed by atoms with Gasteiger partial charge in [0, 0.05) is 10.5 Å². The van der Waals surface area contributed by atoms with E-state index >= 15 is 0 Å². The van der Waals surface area contributed by atoms with Gasteiger partial charge in [-0.1, -0.05) is 60.7 Å². The summed E-state index contributed by atoms with van der Waals surface area (Å²) in [6, 6.07) is 21.4. The second kappa shape index (κ2) is 5.92. The van der Waals surface area contributed by atoms with Crippen molar-refractivity contribution in [2.45, 2.75) is 24.3 Å². The molecular formula is C16H18S. The summed E-state index contributed by atoms with van der Waals surface area (Å²) in [5.74, 6) is 0. The largest absolute Gasteiger partial charge is 0.146 e. The predicted molar refractivity (Wildman–Crippen MR) is 77.3 cm³/mol. The van der Waals surface area contributed by atoms with Crippen molar-refractivity contribution in [3.8, 4) is 0 Å². The fraction of sp³-hybridized carbons (Fsp3) is 0.250. The number of hydrogen-bond acceptors (Lipinski definition) is 1. The van der Waals surface area contributed by atoms with Gasteiger partial charge in [0.15, 0.2) is 0 Å². The first-order chi connectivity index (χ1) is 8.27. The zero-order valence-corrected chi connectivity index (χ0v) is 11.2. The molecule has 0 saturated heterocycles. The maximum atomic E-state index is 2.28. The number of rotatable bonds is 4. The molecule has 1 heteroatoms. The second-order valence-electron chi connectivity index (χ2n) is 4.24. The SMILES string of the molecule is C[C@@H](S[C@H](C)c1ccccc1)c1ccccc1. The minimum Gasteiger partial charge on any atom is -0.146 e. The van der Waals surface area contributed by atoms with Crippen LogP contribution in [-0.4, -0.2) is 0 Å². The molecule has 88 valence electrons.